The third kappa shape index (κ3) is 2.39. The first-order valence-electron chi connectivity index (χ1n) is 6.09. The second-order valence-corrected chi connectivity index (χ2v) is 5.39. The van der Waals surface area contributed by atoms with Gasteiger partial charge in [-0.2, -0.15) is 0 Å². The summed E-state index contributed by atoms with van der Waals surface area (Å²) in [5.41, 5.74) is 8.59. The van der Waals surface area contributed by atoms with Crippen LogP contribution in [-0.4, -0.2) is 4.98 Å². The van der Waals surface area contributed by atoms with Crippen LogP contribution < -0.4 is 5.73 Å². The smallest absolute Gasteiger partial charge is 0.0558 e. The van der Waals surface area contributed by atoms with Gasteiger partial charge in [0.25, 0.3) is 0 Å². The molecule has 2 N–H and O–H groups in total. The number of rotatable bonds is 2. The molecule has 0 radical (unpaired) electrons. The minimum atomic E-state index is -0.148. The monoisotopic (exact) mass is 312 g/mol. The number of nitrogens with zero attached hydrogens (tertiary/aromatic N) is 1. The highest BCUT2D eigenvalue weighted by Gasteiger charge is 2.12. The van der Waals surface area contributed by atoms with E-state index in [1.54, 1.807) is 6.20 Å². The maximum Gasteiger partial charge on any atom is 0.0558 e. The SMILES string of the molecule is NC(c1cccc(Br)c1)c1cccc2ccncc12. The fraction of sp³-hybridized carbons (Fsp3) is 0.0625. The standard InChI is InChI=1S/C16H13BrN2/c17-13-5-1-4-12(9-13)16(18)14-6-2-3-11-7-8-19-10-15(11)14/h1-10,16H,18H2. The molecule has 19 heavy (non-hydrogen) atoms. The Bertz CT molecular complexity index is 719. The van der Waals surface area contributed by atoms with Crippen LogP contribution in [0.5, 0.6) is 0 Å². The zero-order valence-electron chi connectivity index (χ0n) is 10.3. The summed E-state index contributed by atoms with van der Waals surface area (Å²) in [7, 11) is 0. The van der Waals surface area contributed by atoms with Crippen LogP contribution in [0.2, 0.25) is 0 Å². The average molecular weight is 313 g/mol. The number of hydrogen-bond donors (Lipinski definition) is 1. The molecule has 0 aliphatic carbocycles. The lowest BCUT2D eigenvalue weighted by atomic mass is 9.95. The van der Waals surface area contributed by atoms with E-state index in [0.29, 0.717) is 0 Å². The molecule has 3 heteroatoms. The Labute approximate surface area is 120 Å². The molecule has 0 bridgehead atoms. The second kappa shape index (κ2) is 5.11. The zero-order valence-corrected chi connectivity index (χ0v) is 11.8. The van der Waals surface area contributed by atoms with Crippen LogP contribution in [0.25, 0.3) is 10.8 Å². The Kier molecular flexibility index (Phi) is 3.32. The molecule has 1 aromatic heterocycles. The summed E-state index contributed by atoms with van der Waals surface area (Å²) in [6, 6.07) is 16.1. The number of fused-ring (bicyclic) bond motifs is 1. The topological polar surface area (TPSA) is 38.9 Å². The van der Waals surface area contributed by atoms with Gasteiger partial charge in [0.2, 0.25) is 0 Å². The molecule has 1 unspecified atom stereocenters. The van der Waals surface area contributed by atoms with E-state index >= 15 is 0 Å². The van der Waals surface area contributed by atoms with E-state index in [-0.39, 0.29) is 6.04 Å². The average Bonchev–Trinajstić information content (AvgIpc) is 2.46. The van der Waals surface area contributed by atoms with E-state index in [0.717, 1.165) is 26.4 Å². The molecule has 0 saturated carbocycles. The summed E-state index contributed by atoms with van der Waals surface area (Å²) in [5, 5.41) is 2.27. The Morgan fingerprint density at radius 1 is 1.05 bits per heavy atom. The van der Waals surface area contributed by atoms with Gasteiger partial charge in [0.15, 0.2) is 0 Å². The van der Waals surface area contributed by atoms with Crippen molar-refractivity contribution < 1.29 is 0 Å². The number of nitrogens with two attached hydrogens (primary N) is 1. The second-order valence-electron chi connectivity index (χ2n) is 4.48. The lowest BCUT2D eigenvalue weighted by molar-refractivity contribution is 0.879. The fourth-order valence-corrected chi connectivity index (χ4v) is 2.70. The van der Waals surface area contributed by atoms with Crippen LogP contribution in [0.3, 0.4) is 0 Å². The molecule has 1 heterocycles. The van der Waals surface area contributed by atoms with E-state index in [1.807, 2.05) is 36.5 Å². The predicted molar refractivity (Wildman–Crippen MR) is 81.9 cm³/mol. The third-order valence-corrected chi connectivity index (χ3v) is 3.75. The van der Waals surface area contributed by atoms with Crippen molar-refractivity contribution in [2.75, 3.05) is 0 Å². The van der Waals surface area contributed by atoms with Crippen molar-refractivity contribution in [2.45, 2.75) is 6.04 Å². The molecule has 3 rings (SSSR count). The van der Waals surface area contributed by atoms with Crippen LogP contribution in [-0.2, 0) is 0 Å². The lowest BCUT2D eigenvalue weighted by Crippen LogP contribution is -2.12. The first-order valence-corrected chi connectivity index (χ1v) is 6.89. The number of pyridine rings is 1. The van der Waals surface area contributed by atoms with Gasteiger partial charge in [-0.1, -0.05) is 46.3 Å². The minimum Gasteiger partial charge on any atom is -0.320 e. The first kappa shape index (κ1) is 12.3. The number of halogens is 1. The quantitative estimate of drug-likeness (QED) is 0.775. The van der Waals surface area contributed by atoms with Gasteiger partial charge in [0.1, 0.15) is 0 Å². The highest BCUT2D eigenvalue weighted by Crippen LogP contribution is 2.27. The molecule has 0 aliphatic rings. The van der Waals surface area contributed by atoms with Crippen molar-refractivity contribution in [3.8, 4) is 0 Å². The van der Waals surface area contributed by atoms with Gasteiger partial charge < -0.3 is 5.73 Å². The van der Waals surface area contributed by atoms with Gasteiger partial charge in [-0.25, -0.2) is 0 Å². The van der Waals surface area contributed by atoms with E-state index < -0.39 is 0 Å². The van der Waals surface area contributed by atoms with Gasteiger partial charge in [0.05, 0.1) is 6.04 Å². The molecule has 0 amide bonds. The molecule has 0 saturated heterocycles. The van der Waals surface area contributed by atoms with Gasteiger partial charge in [0, 0.05) is 22.3 Å². The summed E-state index contributed by atoms with van der Waals surface area (Å²) < 4.78 is 1.04. The first-order chi connectivity index (χ1) is 9.25. The third-order valence-electron chi connectivity index (χ3n) is 3.26. The van der Waals surface area contributed by atoms with Gasteiger partial charge in [-0.05, 0) is 34.7 Å². The van der Waals surface area contributed by atoms with E-state index in [4.69, 9.17) is 5.73 Å². The molecule has 2 nitrogen and oxygen atoms in total. The zero-order chi connectivity index (χ0) is 13.2. The molecular weight excluding hydrogens is 300 g/mol. The predicted octanol–water partition coefficient (Wildman–Crippen LogP) is 4.05. The minimum absolute atomic E-state index is 0.148. The van der Waals surface area contributed by atoms with E-state index in [2.05, 4.69) is 39.1 Å². The summed E-state index contributed by atoms with van der Waals surface area (Å²) in [5.74, 6) is 0. The number of aromatic nitrogens is 1. The van der Waals surface area contributed by atoms with Crippen molar-refractivity contribution >= 4 is 26.7 Å². The van der Waals surface area contributed by atoms with Crippen LogP contribution >= 0.6 is 15.9 Å². The Balaban J connectivity index is 2.14. The highest BCUT2D eigenvalue weighted by atomic mass is 79.9. The van der Waals surface area contributed by atoms with Crippen LogP contribution in [0, 0.1) is 0 Å². The maximum absolute atomic E-state index is 6.40. The van der Waals surface area contributed by atoms with Crippen molar-refractivity contribution in [3.63, 3.8) is 0 Å². The summed E-state index contributed by atoms with van der Waals surface area (Å²) in [6.07, 6.45) is 3.68. The normalized spacial score (nSPS) is 12.5. The van der Waals surface area contributed by atoms with Gasteiger partial charge in [-0.15, -0.1) is 0 Å². The molecule has 0 fully saturated rings. The lowest BCUT2D eigenvalue weighted by Gasteiger charge is -2.15. The van der Waals surface area contributed by atoms with Crippen molar-refractivity contribution in [1.82, 2.24) is 4.98 Å². The number of hydrogen-bond acceptors (Lipinski definition) is 2. The fourth-order valence-electron chi connectivity index (χ4n) is 2.29. The van der Waals surface area contributed by atoms with E-state index in [9.17, 15) is 0 Å². The van der Waals surface area contributed by atoms with Crippen LogP contribution in [0.4, 0.5) is 0 Å². The highest BCUT2D eigenvalue weighted by molar-refractivity contribution is 9.10. The molecule has 0 spiro atoms. The Morgan fingerprint density at radius 3 is 2.74 bits per heavy atom. The summed E-state index contributed by atoms with van der Waals surface area (Å²) >= 11 is 3.48. The van der Waals surface area contributed by atoms with Gasteiger partial charge in [-0.3, -0.25) is 4.98 Å². The summed E-state index contributed by atoms with van der Waals surface area (Å²) in [4.78, 5) is 4.20. The molecule has 3 aromatic rings. The van der Waals surface area contributed by atoms with Crippen LogP contribution in [0.15, 0.2) is 65.4 Å². The van der Waals surface area contributed by atoms with E-state index in [1.165, 1.54) is 0 Å². The van der Waals surface area contributed by atoms with Crippen molar-refractivity contribution in [1.29, 1.82) is 0 Å². The molecule has 1 atom stereocenters. The molecule has 2 aromatic carbocycles. The molecule has 94 valence electrons. The van der Waals surface area contributed by atoms with Crippen LogP contribution in [0.1, 0.15) is 17.2 Å². The number of benzene rings is 2. The molecular formula is C16H13BrN2. The Morgan fingerprint density at radius 2 is 1.89 bits per heavy atom. The van der Waals surface area contributed by atoms with Gasteiger partial charge >= 0.3 is 0 Å². The summed E-state index contributed by atoms with van der Waals surface area (Å²) in [6.45, 7) is 0. The van der Waals surface area contributed by atoms with Crippen molar-refractivity contribution in [3.05, 3.63) is 76.5 Å². The largest absolute Gasteiger partial charge is 0.320 e. The van der Waals surface area contributed by atoms with Crippen molar-refractivity contribution in [2.24, 2.45) is 5.73 Å². The molecule has 0 aliphatic heterocycles. The Hall–Kier alpha value is -1.71. The maximum atomic E-state index is 6.40.